The number of hydrogen-bond acceptors (Lipinski definition) is 2. The zero-order valence-electron chi connectivity index (χ0n) is 11.3. The molecule has 0 aromatic heterocycles. The molecule has 3 heteroatoms. The lowest BCUT2D eigenvalue weighted by Crippen LogP contribution is -2.32. The van der Waals surface area contributed by atoms with Crippen molar-refractivity contribution >= 4 is 21.6 Å². The van der Waals surface area contributed by atoms with Gasteiger partial charge in [-0.2, -0.15) is 0 Å². The molecule has 2 rings (SSSR count). The van der Waals surface area contributed by atoms with E-state index in [0.29, 0.717) is 0 Å². The Bertz CT molecular complexity index is 384. The van der Waals surface area contributed by atoms with Gasteiger partial charge < -0.3 is 10.6 Å². The van der Waals surface area contributed by atoms with Gasteiger partial charge in [0.15, 0.2) is 0 Å². The summed E-state index contributed by atoms with van der Waals surface area (Å²) in [6, 6.07) is 7.18. The average molecular weight is 311 g/mol. The van der Waals surface area contributed by atoms with Crippen LogP contribution in [0.15, 0.2) is 22.7 Å². The number of hydrogen-bond donors (Lipinski definition) is 2. The maximum absolute atomic E-state index is 3.60. The van der Waals surface area contributed by atoms with Crippen LogP contribution in [0.1, 0.15) is 31.2 Å². The fraction of sp³-hybridized carbons (Fsp3) is 0.600. The zero-order valence-corrected chi connectivity index (χ0v) is 12.9. The first-order valence-electron chi connectivity index (χ1n) is 6.86. The maximum atomic E-state index is 3.60. The van der Waals surface area contributed by atoms with Crippen molar-refractivity contribution in [1.29, 1.82) is 0 Å². The van der Waals surface area contributed by atoms with Crippen LogP contribution in [0.2, 0.25) is 0 Å². The highest BCUT2D eigenvalue weighted by atomic mass is 79.9. The lowest BCUT2D eigenvalue weighted by Gasteiger charge is -2.28. The minimum Gasteiger partial charge on any atom is -0.385 e. The first kappa shape index (κ1) is 13.9. The van der Waals surface area contributed by atoms with Crippen LogP contribution in [0.5, 0.6) is 0 Å². The topological polar surface area (TPSA) is 24.1 Å². The lowest BCUT2D eigenvalue weighted by atomic mass is 9.86. The van der Waals surface area contributed by atoms with Crippen LogP contribution in [-0.2, 0) is 0 Å². The standard InChI is InChI=1S/C15H23BrN2/c1-11-9-13(16)5-8-15(11)18-10-12-3-6-14(17-2)7-4-12/h5,8-9,12,14,17-18H,3-4,6-7,10H2,1-2H3. The molecule has 0 unspecified atom stereocenters. The van der Waals surface area contributed by atoms with Crippen molar-refractivity contribution in [3.8, 4) is 0 Å². The molecule has 0 spiro atoms. The van der Waals surface area contributed by atoms with E-state index in [1.54, 1.807) is 0 Å². The van der Waals surface area contributed by atoms with E-state index in [4.69, 9.17) is 0 Å². The van der Waals surface area contributed by atoms with Crippen molar-refractivity contribution in [2.24, 2.45) is 5.92 Å². The molecule has 0 atom stereocenters. The molecule has 0 bridgehead atoms. The zero-order chi connectivity index (χ0) is 13.0. The van der Waals surface area contributed by atoms with Gasteiger partial charge in [0.25, 0.3) is 0 Å². The summed E-state index contributed by atoms with van der Waals surface area (Å²) in [5, 5.41) is 6.99. The van der Waals surface area contributed by atoms with Crippen LogP contribution in [0.3, 0.4) is 0 Å². The first-order valence-corrected chi connectivity index (χ1v) is 7.65. The normalized spacial score (nSPS) is 23.9. The molecule has 0 heterocycles. The quantitative estimate of drug-likeness (QED) is 0.880. The summed E-state index contributed by atoms with van der Waals surface area (Å²) in [6.07, 6.45) is 5.33. The molecule has 1 fully saturated rings. The van der Waals surface area contributed by atoms with Crippen LogP contribution in [0.25, 0.3) is 0 Å². The van der Waals surface area contributed by atoms with E-state index in [0.717, 1.165) is 23.0 Å². The highest BCUT2D eigenvalue weighted by Gasteiger charge is 2.19. The Morgan fingerprint density at radius 3 is 2.56 bits per heavy atom. The number of nitrogens with one attached hydrogen (secondary N) is 2. The SMILES string of the molecule is CNC1CCC(CNc2ccc(Br)cc2C)CC1. The summed E-state index contributed by atoms with van der Waals surface area (Å²) in [5.74, 6) is 0.831. The Labute approximate surface area is 119 Å². The van der Waals surface area contributed by atoms with Gasteiger partial charge in [-0.3, -0.25) is 0 Å². The largest absolute Gasteiger partial charge is 0.385 e. The predicted octanol–water partition coefficient (Wildman–Crippen LogP) is 3.95. The lowest BCUT2D eigenvalue weighted by molar-refractivity contribution is 0.312. The molecule has 0 radical (unpaired) electrons. The third-order valence-electron chi connectivity index (χ3n) is 4.02. The summed E-state index contributed by atoms with van der Waals surface area (Å²) < 4.78 is 1.15. The minimum atomic E-state index is 0.746. The second kappa shape index (κ2) is 6.58. The Morgan fingerprint density at radius 1 is 1.22 bits per heavy atom. The van der Waals surface area contributed by atoms with Gasteiger partial charge in [0.2, 0.25) is 0 Å². The van der Waals surface area contributed by atoms with Gasteiger partial charge in [-0.1, -0.05) is 15.9 Å². The van der Waals surface area contributed by atoms with Crippen molar-refractivity contribution in [1.82, 2.24) is 5.32 Å². The van der Waals surface area contributed by atoms with Gasteiger partial charge in [0.1, 0.15) is 0 Å². The molecule has 1 aliphatic rings. The summed E-state index contributed by atoms with van der Waals surface area (Å²) in [6.45, 7) is 3.27. The number of benzene rings is 1. The summed E-state index contributed by atoms with van der Waals surface area (Å²) in [7, 11) is 2.08. The molecular weight excluding hydrogens is 288 g/mol. The van der Waals surface area contributed by atoms with E-state index in [-0.39, 0.29) is 0 Å². The second-order valence-corrected chi connectivity index (χ2v) is 6.26. The molecule has 0 aliphatic heterocycles. The second-order valence-electron chi connectivity index (χ2n) is 5.35. The van der Waals surface area contributed by atoms with E-state index in [9.17, 15) is 0 Å². The number of anilines is 1. The Morgan fingerprint density at radius 2 is 1.94 bits per heavy atom. The molecule has 1 aliphatic carbocycles. The predicted molar refractivity (Wildman–Crippen MR) is 82.2 cm³/mol. The molecular formula is C15H23BrN2. The Balaban J connectivity index is 1.81. The summed E-state index contributed by atoms with van der Waals surface area (Å²) >= 11 is 3.50. The monoisotopic (exact) mass is 310 g/mol. The third kappa shape index (κ3) is 3.72. The van der Waals surface area contributed by atoms with Crippen molar-refractivity contribution in [2.45, 2.75) is 38.6 Å². The number of halogens is 1. The van der Waals surface area contributed by atoms with E-state index in [1.165, 1.54) is 36.9 Å². The van der Waals surface area contributed by atoms with Gasteiger partial charge in [0.05, 0.1) is 0 Å². The van der Waals surface area contributed by atoms with Gasteiger partial charge >= 0.3 is 0 Å². The van der Waals surface area contributed by atoms with Crippen LogP contribution in [-0.4, -0.2) is 19.6 Å². The molecule has 1 aromatic rings. The molecule has 0 amide bonds. The number of rotatable bonds is 4. The summed E-state index contributed by atoms with van der Waals surface area (Å²) in [4.78, 5) is 0. The Kier molecular flexibility index (Phi) is 5.07. The molecule has 0 saturated heterocycles. The smallest absolute Gasteiger partial charge is 0.0370 e. The average Bonchev–Trinajstić information content (AvgIpc) is 2.38. The van der Waals surface area contributed by atoms with Crippen LogP contribution >= 0.6 is 15.9 Å². The molecule has 1 aromatic carbocycles. The van der Waals surface area contributed by atoms with E-state index >= 15 is 0 Å². The van der Waals surface area contributed by atoms with E-state index < -0.39 is 0 Å². The molecule has 100 valence electrons. The van der Waals surface area contributed by atoms with Gasteiger partial charge in [-0.05, 0) is 69.3 Å². The van der Waals surface area contributed by atoms with Crippen molar-refractivity contribution < 1.29 is 0 Å². The minimum absolute atomic E-state index is 0.746. The van der Waals surface area contributed by atoms with Gasteiger partial charge in [-0.25, -0.2) is 0 Å². The third-order valence-corrected chi connectivity index (χ3v) is 4.52. The molecule has 2 nitrogen and oxygen atoms in total. The van der Waals surface area contributed by atoms with Crippen molar-refractivity contribution in [3.05, 3.63) is 28.2 Å². The van der Waals surface area contributed by atoms with Crippen LogP contribution in [0.4, 0.5) is 5.69 Å². The fourth-order valence-corrected chi connectivity index (χ4v) is 3.21. The van der Waals surface area contributed by atoms with E-state index in [1.807, 2.05) is 0 Å². The number of aryl methyl sites for hydroxylation is 1. The van der Waals surface area contributed by atoms with Crippen LogP contribution in [0, 0.1) is 12.8 Å². The molecule has 18 heavy (non-hydrogen) atoms. The van der Waals surface area contributed by atoms with Gasteiger partial charge in [0, 0.05) is 22.7 Å². The van der Waals surface area contributed by atoms with Crippen molar-refractivity contribution in [2.75, 3.05) is 18.9 Å². The van der Waals surface area contributed by atoms with Gasteiger partial charge in [-0.15, -0.1) is 0 Å². The molecule has 1 saturated carbocycles. The maximum Gasteiger partial charge on any atom is 0.0370 e. The highest BCUT2D eigenvalue weighted by molar-refractivity contribution is 9.10. The first-order chi connectivity index (χ1) is 8.69. The highest BCUT2D eigenvalue weighted by Crippen LogP contribution is 2.26. The Hall–Kier alpha value is -0.540. The van der Waals surface area contributed by atoms with Crippen LogP contribution < -0.4 is 10.6 Å². The summed E-state index contributed by atoms with van der Waals surface area (Å²) in [5.41, 5.74) is 2.59. The molecule has 2 N–H and O–H groups in total. The van der Waals surface area contributed by atoms with E-state index in [2.05, 4.69) is 58.7 Å². The fourth-order valence-electron chi connectivity index (χ4n) is 2.73. The van der Waals surface area contributed by atoms with Crippen molar-refractivity contribution in [3.63, 3.8) is 0 Å².